The quantitative estimate of drug-likeness (QED) is 0.566. The van der Waals surface area contributed by atoms with Gasteiger partial charge in [0.2, 0.25) is 0 Å². The van der Waals surface area contributed by atoms with Crippen molar-refractivity contribution in [2.24, 2.45) is 0 Å². The Kier molecular flexibility index (Phi) is 2.68. The molecule has 1 aliphatic rings. The van der Waals surface area contributed by atoms with E-state index in [4.69, 9.17) is 18.9 Å². The summed E-state index contributed by atoms with van der Waals surface area (Å²) in [7, 11) is 3.05. The van der Waals surface area contributed by atoms with Crippen molar-refractivity contribution in [2.75, 3.05) is 14.2 Å². The molecule has 0 saturated carbocycles. The number of rotatable bonds is 2. The molecule has 0 aliphatic carbocycles. The van der Waals surface area contributed by atoms with Gasteiger partial charge >= 0.3 is 6.48 Å². The number of ether oxygens (including phenoxy) is 4. The van der Waals surface area contributed by atoms with E-state index in [1.165, 1.54) is 13.4 Å². The summed E-state index contributed by atoms with van der Waals surface area (Å²) in [4.78, 5) is 0. The van der Waals surface area contributed by atoms with Gasteiger partial charge in [-0.25, -0.2) is 0 Å². The summed E-state index contributed by atoms with van der Waals surface area (Å²) in [6.45, 7) is -0.644. The Hall–Kier alpha value is -0.580. The second kappa shape index (κ2) is 3.55. The molecule has 4 nitrogen and oxygen atoms in total. The highest BCUT2D eigenvalue weighted by atomic mass is 16.9. The third kappa shape index (κ3) is 1.70. The van der Waals surface area contributed by atoms with E-state index >= 15 is 0 Å². The number of hydrogen-bond acceptors (Lipinski definition) is 4. The van der Waals surface area contributed by atoms with Gasteiger partial charge in [0.15, 0.2) is 6.29 Å². The normalized spacial score (nSPS) is 31.8. The highest BCUT2D eigenvalue weighted by Gasteiger charge is 2.17. The van der Waals surface area contributed by atoms with Crippen molar-refractivity contribution >= 4 is 0 Å². The van der Waals surface area contributed by atoms with Crippen LogP contribution in [0.25, 0.3) is 0 Å². The van der Waals surface area contributed by atoms with E-state index in [0.717, 1.165) is 0 Å². The molecule has 0 aromatic heterocycles. The first-order valence-electron chi connectivity index (χ1n) is 2.90. The lowest BCUT2D eigenvalue weighted by atomic mass is 10.6. The van der Waals surface area contributed by atoms with Crippen molar-refractivity contribution in [1.82, 2.24) is 0 Å². The molecule has 0 saturated heterocycles. The maximum absolute atomic E-state index is 5.03. The summed E-state index contributed by atoms with van der Waals surface area (Å²) in [5.74, 6) is 0. The van der Waals surface area contributed by atoms with Crippen molar-refractivity contribution in [3.05, 3.63) is 12.3 Å². The minimum Gasteiger partial charge on any atom is -0.449 e. The minimum atomic E-state index is -0.644. The Morgan fingerprint density at radius 2 is 2.10 bits per heavy atom. The SMILES string of the molecule is COC1C=COC(OC)O1. The summed E-state index contributed by atoms with van der Waals surface area (Å²) < 4.78 is 19.5. The van der Waals surface area contributed by atoms with Gasteiger partial charge < -0.3 is 14.2 Å². The molecule has 4 heteroatoms. The van der Waals surface area contributed by atoms with Crippen LogP contribution in [0.5, 0.6) is 0 Å². The van der Waals surface area contributed by atoms with Crippen LogP contribution >= 0.6 is 0 Å². The summed E-state index contributed by atoms with van der Waals surface area (Å²) in [6, 6.07) is 0. The first kappa shape index (κ1) is 7.53. The van der Waals surface area contributed by atoms with Gasteiger partial charge in [-0.05, 0) is 0 Å². The van der Waals surface area contributed by atoms with Crippen molar-refractivity contribution in [3.63, 3.8) is 0 Å². The predicted molar refractivity (Wildman–Crippen MR) is 32.9 cm³/mol. The molecule has 0 radical (unpaired) electrons. The van der Waals surface area contributed by atoms with Crippen LogP contribution in [0.15, 0.2) is 12.3 Å². The third-order valence-corrected chi connectivity index (χ3v) is 1.10. The molecule has 0 N–H and O–H groups in total. The Balaban J connectivity index is 2.38. The zero-order valence-electron chi connectivity index (χ0n) is 5.94. The van der Waals surface area contributed by atoms with Crippen LogP contribution in [0.4, 0.5) is 0 Å². The largest absolute Gasteiger partial charge is 0.449 e. The Morgan fingerprint density at radius 3 is 2.70 bits per heavy atom. The molecule has 0 bridgehead atoms. The Labute approximate surface area is 59.3 Å². The summed E-state index contributed by atoms with van der Waals surface area (Å²) in [6.07, 6.45) is 2.78. The molecule has 2 unspecified atom stereocenters. The fraction of sp³-hybridized carbons (Fsp3) is 0.667. The summed E-state index contributed by atoms with van der Waals surface area (Å²) in [5, 5.41) is 0. The maximum Gasteiger partial charge on any atom is 0.317 e. The van der Waals surface area contributed by atoms with Crippen molar-refractivity contribution in [1.29, 1.82) is 0 Å². The average Bonchev–Trinajstić information content (AvgIpc) is 2.05. The van der Waals surface area contributed by atoms with E-state index in [1.54, 1.807) is 13.2 Å². The van der Waals surface area contributed by atoms with Gasteiger partial charge in [-0.2, -0.15) is 0 Å². The first-order chi connectivity index (χ1) is 4.86. The van der Waals surface area contributed by atoms with Crippen molar-refractivity contribution in [2.45, 2.75) is 12.8 Å². The van der Waals surface area contributed by atoms with Gasteiger partial charge in [0.1, 0.15) is 0 Å². The van der Waals surface area contributed by atoms with E-state index in [-0.39, 0.29) is 6.29 Å². The molecular formula is C6H10O4. The van der Waals surface area contributed by atoms with Crippen molar-refractivity contribution in [3.8, 4) is 0 Å². The van der Waals surface area contributed by atoms with Crippen LogP contribution in [0, 0.1) is 0 Å². The van der Waals surface area contributed by atoms with Gasteiger partial charge in [-0.3, -0.25) is 4.74 Å². The van der Waals surface area contributed by atoms with Gasteiger partial charge in [-0.1, -0.05) is 0 Å². The van der Waals surface area contributed by atoms with Crippen LogP contribution in [0.1, 0.15) is 0 Å². The lowest BCUT2D eigenvalue weighted by Crippen LogP contribution is -2.28. The predicted octanol–water partition coefficient (Wildman–Crippen LogP) is 0.449. The van der Waals surface area contributed by atoms with Crippen LogP contribution in [0.3, 0.4) is 0 Å². The highest BCUT2D eigenvalue weighted by Crippen LogP contribution is 2.09. The average molecular weight is 146 g/mol. The summed E-state index contributed by atoms with van der Waals surface area (Å²) >= 11 is 0. The maximum atomic E-state index is 5.03. The molecule has 10 heavy (non-hydrogen) atoms. The molecule has 58 valence electrons. The third-order valence-electron chi connectivity index (χ3n) is 1.10. The highest BCUT2D eigenvalue weighted by molar-refractivity contribution is 4.80. The smallest absolute Gasteiger partial charge is 0.317 e. The van der Waals surface area contributed by atoms with Crippen LogP contribution in [-0.4, -0.2) is 27.0 Å². The minimum absolute atomic E-state index is 0.362. The molecule has 1 aliphatic heterocycles. The fourth-order valence-electron chi connectivity index (χ4n) is 0.606. The van der Waals surface area contributed by atoms with Crippen LogP contribution in [-0.2, 0) is 18.9 Å². The lowest BCUT2D eigenvalue weighted by molar-refractivity contribution is -0.313. The van der Waals surface area contributed by atoms with E-state index in [9.17, 15) is 0 Å². The molecule has 2 atom stereocenters. The van der Waals surface area contributed by atoms with E-state index < -0.39 is 6.48 Å². The standard InChI is InChI=1S/C6H10O4/c1-7-5-3-4-9-6(8-2)10-5/h3-6H,1-2H3. The molecule has 0 aromatic carbocycles. The van der Waals surface area contributed by atoms with Crippen LogP contribution in [0.2, 0.25) is 0 Å². The zero-order chi connectivity index (χ0) is 7.40. The molecule has 1 rings (SSSR count). The van der Waals surface area contributed by atoms with E-state index in [2.05, 4.69) is 0 Å². The zero-order valence-corrected chi connectivity index (χ0v) is 5.94. The monoisotopic (exact) mass is 146 g/mol. The molecular weight excluding hydrogens is 136 g/mol. The Morgan fingerprint density at radius 1 is 1.30 bits per heavy atom. The molecule has 0 fully saturated rings. The number of methoxy groups -OCH3 is 2. The van der Waals surface area contributed by atoms with Gasteiger partial charge in [0.25, 0.3) is 0 Å². The Bertz CT molecular complexity index is 123. The fourth-order valence-corrected chi connectivity index (χ4v) is 0.606. The number of hydrogen-bond donors (Lipinski definition) is 0. The molecule has 0 aromatic rings. The van der Waals surface area contributed by atoms with E-state index in [1.807, 2.05) is 0 Å². The van der Waals surface area contributed by atoms with E-state index in [0.29, 0.717) is 0 Å². The summed E-state index contributed by atoms with van der Waals surface area (Å²) in [5.41, 5.74) is 0. The molecule has 1 heterocycles. The van der Waals surface area contributed by atoms with Gasteiger partial charge in [0, 0.05) is 20.3 Å². The lowest BCUT2D eigenvalue weighted by Gasteiger charge is -2.23. The van der Waals surface area contributed by atoms with Crippen molar-refractivity contribution < 1.29 is 18.9 Å². The van der Waals surface area contributed by atoms with Crippen LogP contribution < -0.4 is 0 Å². The first-order valence-corrected chi connectivity index (χ1v) is 2.90. The molecule has 0 spiro atoms. The van der Waals surface area contributed by atoms with Gasteiger partial charge in [-0.15, -0.1) is 0 Å². The second-order valence-electron chi connectivity index (χ2n) is 1.73. The molecule has 0 amide bonds. The van der Waals surface area contributed by atoms with Gasteiger partial charge in [0.05, 0.1) is 6.26 Å². The topological polar surface area (TPSA) is 36.9 Å². The second-order valence-corrected chi connectivity index (χ2v) is 1.73.